The molecule has 0 bridgehead atoms. The van der Waals surface area contributed by atoms with E-state index in [2.05, 4.69) is 15.3 Å². The molecule has 0 atom stereocenters. The van der Waals surface area contributed by atoms with Crippen LogP contribution in [0.5, 0.6) is 0 Å². The zero-order chi connectivity index (χ0) is 12.3. The van der Waals surface area contributed by atoms with E-state index in [4.69, 9.17) is 0 Å². The summed E-state index contributed by atoms with van der Waals surface area (Å²) in [6.45, 7) is 2.66. The second kappa shape index (κ2) is 4.65. The highest BCUT2D eigenvalue weighted by atomic mass is 16.6. The Morgan fingerprint density at radius 2 is 2.29 bits per heavy atom. The molecule has 17 heavy (non-hydrogen) atoms. The normalized spacial score (nSPS) is 10.2. The number of nitro groups is 1. The van der Waals surface area contributed by atoms with Crippen LogP contribution >= 0.6 is 0 Å². The van der Waals surface area contributed by atoms with Gasteiger partial charge in [-0.05, 0) is 25.1 Å². The Hall–Kier alpha value is -2.37. The van der Waals surface area contributed by atoms with E-state index in [0.29, 0.717) is 17.2 Å². The Kier molecular flexibility index (Phi) is 3.04. The van der Waals surface area contributed by atoms with Crippen LogP contribution < -0.4 is 5.32 Å². The number of pyridine rings is 1. The number of anilines is 1. The Morgan fingerprint density at radius 3 is 2.88 bits per heavy atom. The van der Waals surface area contributed by atoms with Crippen LogP contribution in [0, 0.1) is 10.1 Å². The second-order valence-electron chi connectivity index (χ2n) is 3.44. The molecule has 0 aliphatic heterocycles. The fraction of sp³-hybridized carbons (Fsp3) is 0.182. The van der Waals surface area contributed by atoms with E-state index < -0.39 is 4.92 Å². The van der Waals surface area contributed by atoms with Crippen molar-refractivity contribution in [2.45, 2.75) is 6.92 Å². The summed E-state index contributed by atoms with van der Waals surface area (Å²) in [5.74, 6) is 0.628. The lowest BCUT2D eigenvalue weighted by atomic mass is 10.2. The fourth-order valence-electron chi connectivity index (χ4n) is 1.55. The fourth-order valence-corrected chi connectivity index (χ4v) is 1.55. The summed E-state index contributed by atoms with van der Waals surface area (Å²) in [5, 5.41) is 13.9. The lowest BCUT2D eigenvalue weighted by Gasteiger charge is -2.05. The summed E-state index contributed by atoms with van der Waals surface area (Å²) in [6, 6.07) is 6.60. The molecule has 2 aromatic heterocycles. The summed E-state index contributed by atoms with van der Waals surface area (Å²) in [5.41, 5.74) is 0.976. The van der Waals surface area contributed by atoms with Crippen LogP contribution in [0.15, 0.2) is 30.5 Å². The van der Waals surface area contributed by atoms with Crippen molar-refractivity contribution in [2.24, 2.45) is 0 Å². The lowest BCUT2D eigenvalue weighted by molar-refractivity contribution is -0.384. The van der Waals surface area contributed by atoms with Gasteiger partial charge in [0.1, 0.15) is 5.82 Å². The molecule has 0 aliphatic rings. The van der Waals surface area contributed by atoms with Crippen molar-refractivity contribution in [1.29, 1.82) is 0 Å². The molecule has 0 saturated carbocycles. The van der Waals surface area contributed by atoms with Gasteiger partial charge in [-0.15, -0.1) is 0 Å². The van der Waals surface area contributed by atoms with Crippen molar-refractivity contribution < 1.29 is 4.92 Å². The SMILES string of the molecule is CCNc1ccc([N+](=O)[O-])c(-c2ccc[nH]2)n1. The molecule has 2 rings (SSSR count). The minimum absolute atomic E-state index is 0.00546. The molecule has 0 fully saturated rings. The zero-order valence-corrected chi connectivity index (χ0v) is 9.30. The van der Waals surface area contributed by atoms with E-state index in [-0.39, 0.29) is 5.69 Å². The van der Waals surface area contributed by atoms with Crippen molar-refractivity contribution in [3.63, 3.8) is 0 Å². The van der Waals surface area contributed by atoms with Gasteiger partial charge in [0, 0.05) is 18.8 Å². The maximum absolute atomic E-state index is 10.9. The average Bonchev–Trinajstić information content (AvgIpc) is 2.82. The standard InChI is InChI=1S/C11H12N4O2/c1-2-12-10-6-5-9(15(16)17)11(14-10)8-4-3-7-13-8/h3-7,13H,2H2,1H3,(H,12,14). The highest BCUT2D eigenvalue weighted by Crippen LogP contribution is 2.27. The summed E-state index contributed by atoms with van der Waals surface area (Å²) in [6.07, 6.45) is 1.71. The van der Waals surface area contributed by atoms with E-state index in [0.717, 1.165) is 6.54 Å². The predicted molar refractivity (Wildman–Crippen MR) is 64.8 cm³/mol. The van der Waals surface area contributed by atoms with Crippen LogP contribution in [0.25, 0.3) is 11.4 Å². The monoisotopic (exact) mass is 232 g/mol. The van der Waals surface area contributed by atoms with Crippen LogP contribution in [0.4, 0.5) is 11.5 Å². The number of nitrogens with one attached hydrogen (secondary N) is 2. The first kappa shape index (κ1) is 11.1. The Balaban J connectivity index is 2.52. The summed E-state index contributed by atoms with van der Waals surface area (Å²) in [4.78, 5) is 17.7. The molecular weight excluding hydrogens is 220 g/mol. The molecule has 2 aromatic rings. The number of hydrogen-bond donors (Lipinski definition) is 2. The van der Waals surface area contributed by atoms with Crippen molar-refractivity contribution in [1.82, 2.24) is 9.97 Å². The molecule has 0 aromatic carbocycles. The quantitative estimate of drug-likeness (QED) is 0.626. The smallest absolute Gasteiger partial charge is 0.297 e. The van der Waals surface area contributed by atoms with Gasteiger partial charge in [0.05, 0.1) is 10.6 Å². The minimum Gasteiger partial charge on any atom is -0.370 e. The van der Waals surface area contributed by atoms with E-state index in [1.54, 1.807) is 24.4 Å². The molecular formula is C11H12N4O2. The van der Waals surface area contributed by atoms with Crippen molar-refractivity contribution in [3.05, 3.63) is 40.6 Å². The third kappa shape index (κ3) is 2.25. The van der Waals surface area contributed by atoms with E-state index in [1.807, 2.05) is 6.92 Å². The van der Waals surface area contributed by atoms with E-state index in [1.165, 1.54) is 6.07 Å². The molecule has 6 heteroatoms. The zero-order valence-electron chi connectivity index (χ0n) is 9.30. The van der Waals surface area contributed by atoms with Gasteiger partial charge >= 0.3 is 0 Å². The molecule has 0 unspecified atom stereocenters. The maximum atomic E-state index is 10.9. The van der Waals surface area contributed by atoms with E-state index >= 15 is 0 Å². The van der Waals surface area contributed by atoms with E-state index in [9.17, 15) is 10.1 Å². The lowest BCUT2D eigenvalue weighted by Crippen LogP contribution is -2.02. The van der Waals surface area contributed by atoms with Crippen LogP contribution in [0.2, 0.25) is 0 Å². The van der Waals surface area contributed by atoms with Gasteiger partial charge in [-0.1, -0.05) is 0 Å². The minimum atomic E-state index is -0.432. The summed E-state index contributed by atoms with van der Waals surface area (Å²) >= 11 is 0. The molecule has 2 heterocycles. The van der Waals surface area contributed by atoms with Gasteiger partial charge in [0.25, 0.3) is 5.69 Å². The first-order valence-electron chi connectivity index (χ1n) is 5.25. The predicted octanol–water partition coefficient (Wildman–Crippen LogP) is 2.42. The molecule has 0 spiro atoms. The number of nitrogens with zero attached hydrogens (tertiary/aromatic N) is 2. The van der Waals surface area contributed by atoms with Gasteiger partial charge in [-0.2, -0.15) is 0 Å². The highest BCUT2D eigenvalue weighted by Gasteiger charge is 2.17. The topological polar surface area (TPSA) is 83.9 Å². The third-order valence-corrected chi connectivity index (χ3v) is 2.28. The van der Waals surface area contributed by atoms with Crippen LogP contribution in [-0.4, -0.2) is 21.4 Å². The average molecular weight is 232 g/mol. The Labute approximate surface area is 97.9 Å². The van der Waals surface area contributed by atoms with Gasteiger partial charge < -0.3 is 10.3 Å². The van der Waals surface area contributed by atoms with Crippen LogP contribution in [0.1, 0.15) is 6.92 Å². The van der Waals surface area contributed by atoms with Gasteiger partial charge in [0.2, 0.25) is 0 Å². The summed E-state index contributed by atoms with van der Waals surface area (Å²) < 4.78 is 0. The van der Waals surface area contributed by atoms with Crippen molar-refractivity contribution in [2.75, 3.05) is 11.9 Å². The number of hydrogen-bond acceptors (Lipinski definition) is 4. The van der Waals surface area contributed by atoms with Gasteiger partial charge in [-0.25, -0.2) is 4.98 Å². The van der Waals surface area contributed by atoms with Gasteiger partial charge in [-0.3, -0.25) is 10.1 Å². The first-order chi connectivity index (χ1) is 8.22. The molecule has 88 valence electrons. The molecule has 6 nitrogen and oxygen atoms in total. The highest BCUT2D eigenvalue weighted by molar-refractivity contribution is 5.68. The van der Waals surface area contributed by atoms with Crippen LogP contribution in [0.3, 0.4) is 0 Å². The molecule has 0 aliphatic carbocycles. The molecule has 0 radical (unpaired) electrons. The molecule has 2 N–H and O–H groups in total. The Bertz CT molecular complexity index is 522. The van der Waals surface area contributed by atoms with Crippen molar-refractivity contribution >= 4 is 11.5 Å². The number of H-pyrrole nitrogens is 1. The number of rotatable bonds is 4. The third-order valence-electron chi connectivity index (χ3n) is 2.28. The number of aromatic amines is 1. The second-order valence-corrected chi connectivity index (χ2v) is 3.44. The summed E-state index contributed by atoms with van der Waals surface area (Å²) in [7, 11) is 0. The molecule has 0 saturated heterocycles. The molecule has 0 amide bonds. The number of aromatic nitrogens is 2. The van der Waals surface area contributed by atoms with Gasteiger partial charge in [0.15, 0.2) is 5.69 Å². The Morgan fingerprint density at radius 1 is 1.47 bits per heavy atom. The van der Waals surface area contributed by atoms with Crippen molar-refractivity contribution in [3.8, 4) is 11.4 Å². The van der Waals surface area contributed by atoms with Crippen LogP contribution in [-0.2, 0) is 0 Å². The first-order valence-corrected chi connectivity index (χ1v) is 5.25. The maximum Gasteiger partial charge on any atom is 0.297 e. The largest absolute Gasteiger partial charge is 0.370 e.